The van der Waals surface area contributed by atoms with Crippen LogP contribution < -0.4 is 0 Å². The smallest absolute Gasteiger partial charge is 0.334 e. The number of aliphatic hydroxyl groups is 1. The van der Waals surface area contributed by atoms with E-state index in [0.717, 1.165) is 32.1 Å². The number of methoxy groups -OCH3 is 1. The minimum atomic E-state index is -0.465. The van der Waals surface area contributed by atoms with Crippen LogP contribution in [0.2, 0.25) is 0 Å². The first kappa shape index (κ1) is 14.4. The summed E-state index contributed by atoms with van der Waals surface area (Å²) in [4.78, 5) is 10.9. The van der Waals surface area contributed by atoms with Gasteiger partial charge in [0.15, 0.2) is 6.10 Å². The fourth-order valence-electron chi connectivity index (χ4n) is 1.24. The van der Waals surface area contributed by atoms with Crippen LogP contribution in [0.25, 0.3) is 0 Å². The Hall–Kier alpha value is -0.610. The second-order valence-electron chi connectivity index (χ2n) is 3.53. The number of ether oxygens (including phenoxy) is 2. The Kier molecular flexibility index (Phi) is 9.52. The number of hydrogen-bond acceptors (Lipinski definition) is 4. The Bertz CT molecular complexity index is 159. The maximum Gasteiger partial charge on any atom is 0.334 e. The Balaban J connectivity index is 3.20. The summed E-state index contributed by atoms with van der Waals surface area (Å²) in [5.74, 6) is -0.324. The molecule has 1 atom stereocenters. The number of aliphatic hydroxyl groups excluding tert-OH is 1. The molecule has 0 amide bonds. The van der Waals surface area contributed by atoms with Crippen molar-refractivity contribution in [3.8, 4) is 0 Å². The van der Waals surface area contributed by atoms with Gasteiger partial charge in [0.25, 0.3) is 0 Å². The highest BCUT2D eigenvalue weighted by atomic mass is 16.6. The monoisotopic (exact) mass is 218 g/mol. The van der Waals surface area contributed by atoms with E-state index in [1.54, 1.807) is 6.92 Å². The molecular weight excluding hydrogens is 196 g/mol. The zero-order valence-electron chi connectivity index (χ0n) is 9.70. The van der Waals surface area contributed by atoms with Gasteiger partial charge in [0.2, 0.25) is 0 Å². The SMILES string of the molecule is COC(=O)C(C)OCCCCCCCO. The molecular formula is C11H22O4. The quantitative estimate of drug-likeness (QED) is 0.471. The van der Waals surface area contributed by atoms with Gasteiger partial charge in [-0.1, -0.05) is 19.3 Å². The van der Waals surface area contributed by atoms with Crippen molar-refractivity contribution in [2.45, 2.75) is 45.1 Å². The van der Waals surface area contributed by atoms with Crippen molar-refractivity contribution in [2.24, 2.45) is 0 Å². The Morgan fingerprint density at radius 2 is 1.80 bits per heavy atom. The largest absolute Gasteiger partial charge is 0.467 e. The lowest BCUT2D eigenvalue weighted by atomic mass is 10.1. The van der Waals surface area contributed by atoms with E-state index in [9.17, 15) is 4.79 Å². The van der Waals surface area contributed by atoms with Gasteiger partial charge in [-0.25, -0.2) is 4.79 Å². The summed E-state index contributed by atoms with van der Waals surface area (Å²) in [6, 6.07) is 0. The first-order valence-electron chi connectivity index (χ1n) is 5.52. The average molecular weight is 218 g/mol. The molecule has 0 aliphatic heterocycles. The van der Waals surface area contributed by atoms with E-state index in [4.69, 9.17) is 9.84 Å². The molecule has 0 radical (unpaired) electrons. The van der Waals surface area contributed by atoms with Crippen molar-refractivity contribution in [3.63, 3.8) is 0 Å². The van der Waals surface area contributed by atoms with E-state index >= 15 is 0 Å². The molecule has 0 spiro atoms. The Labute approximate surface area is 91.6 Å². The van der Waals surface area contributed by atoms with Gasteiger partial charge in [-0.05, 0) is 19.8 Å². The van der Waals surface area contributed by atoms with E-state index in [1.165, 1.54) is 7.11 Å². The highest BCUT2D eigenvalue weighted by Gasteiger charge is 2.12. The molecule has 15 heavy (non-hydrogen) atoms. The van der Waals surface area contributed by atoms with Gasteiger partial charge in [-0.2, -0.15) is 0 Å². The Morgan fingerprint density at radius 3 is 2.40 bits per heavy atom. The van der Waals surface area contributed by atoms with Crippen molar-refractivity contribution in [3.05, 3.63) is 0 Å². The minimum Gasteiger partial charge on any atom is -0.467 e. The third-order valence-electron chi connectivity index (χ3n) is 2.20. The highest BCUT2D eigenvalue weighted by Crippen LogP contribution is 2.04. The van der Waals surface area contributed by atoms with E-state index in [-0.39, 0.29) is 12.6 Å². The number of carbonyl (C=O) groups is 1. The zero-order valence-corrected chi connectivity index (χ0v) is 9.70. The number of rotatable bonds is 9. The normalized spacial score (nSPS) is 12.5. The van der Waals surface area contributed by atoms with Gasteiger partial charge in [-0.3, -0.25) is 0 Å². The number of esters is 1. The highest BCUT2D eigenvalue weighted by molar-refractivity contribution is 5.73. The average Bonchev–Trinajstić information content (AvgIpc) is 2.26. The molecule has 0 heterocycles. The van der Waals surface area contributed by atoms with Crippen molar-refractivity contribution in [2.75, 3.05) is 20.3 Å². The lowest BCUT2D eigenvalue weighted by molar-refractivity contribution is -0.152. The molecule has 0 rings (SSSR count). The summed E-state index contributed by atoms with van der Waals surface area (Å²) in [6.07, 6.45) is 4.60. The van der Waals surface area contributed by atoms with Crippen LogP contribution in [-0.4, -0.2) is 37.5 Å². The van der Waals surface area contributed by atoms with Crippen LogP contribution in [0.5, 0.6) is 0 Å². The fraction of sp³-hybridized carbons (Fsp3) is 0.909. The zero-order chi connectivity index (χ0) is 11.5. The van der Waals surface area contributed by atoms with Crippen LogP contribution in [0, 0.1) is 0 Å². The van der Waals surface area contributed by atoms with Crippen molar-refractivity contribution in [1.82, 2.24) is 0 Å². The molecule has 0 aromatic heterocycles. The first-order valence-corrected chi connectivity index (χ1v) is 5.52. The molecule has 0 saturated carbocycles. The van der Waals surface area contributed by atoms with Crippen LogP contribution in [0.15, 0.2) is 0 Å². The van der Waals surface area contributed by atoms with Crippen molar-refractivity contribution in [1.29, 1.82) is 0 Å². The summed E-state index contributed by atoms with van der Waals surface area (Å²) in [7, 11) is 1.36. The maximum atomic E-state index is 10.9. The maximum absolute atomic E-state index is 10.9. The van der Waals surface area contributed by atoms with Crippen LogP contribution in [0.1, 0.15) is 39.0 Å². The van der Waals surface area contributed by atoms with Crippen molar-refractivity contribution < 1.29 is 19.4 Å². The van der Waals surface area contributed by atoms with E-state index in [2.05, 4.69) is 4.74 Å². The third kappa shape index (κ3) is 8.39. The summed E-state index contributed by atoms with van der Waals surface area (Å²) < 4.78 is 9.81. The first-order chi connectivity index (χ1) is 7.22. The molecule has 4 nitrogen and oxygen atoms in total. The summed E-state index contributed by atoms with van der Waals surface area (Å²) in [6.45, 7) is 2.56. The molecule has 4 heteroatoms. The number of unbranched alkanes of at least 4 members (excludes halogenated alkanes) is 4. The van der Waals surface area contributed by atoms with Gasteiger partial charge in [0.05, 0.1) is 7.11 Å². The van der Waals surface area contributed by atoms with Gasteiger partial charge in [0.1, 0.15) is 0 Å². The molecule has 0 bridgehead atoms. The molecule has 90 valence electrons. The van der Waals surface area contributed by atoms with Gasteiger partial charge in [-0.15, -0.1) is 0 Å². The van der Waals surface area contributed by atoms with Crippen LogP contribution >= 0.6 is 0 Å². The van der Waals surface area contributed by atoms with E-state index in [0.29, 0.717) is 6.61 Å². The van der Waals surface area contributed by atoms with Crippen LogP contribution in [0.4, 0.5) is 0 Å². The molecule has 1 unspecified atom stereocenters. The predicted molar refractivity (Wildman–Crippen MR) is 57.6 cm³/mol. The second-order valence-corrected chi connectivity index (χ2v) is 3.53. The molecule has 0 aromatic carbocycles. The lowest BCUT2D eigenvalue weighted by Gasteiger charge is -2.10. The summed E-state index contributed by atoms with van der Waals surface area (Å²) in [5, 5.41) is 8.55. The van der Waals surface area contributed by atoms with Gasteiger partial charge < -0.3 is 14.6 Å². The molecule has 0 aromatic rings. The molecule has 0 aliphatic rings. The lowest BCUT2D eigenvalue weighted by Crippen LogP contribution is -2.22. The standard InChI is InChI=1S/C11H22O4/c1-10(11(13)14-2)15-9-7-5-3-4-6-8-12/h10,12H,3-9H2,1-2H3. The molecule has 0 saturated heterocycles. The minimum absolute atomic E-state index is 0.274. The second kappa shape index (κ2) is 9.93. The topological polar surface area (TPSA) is 55.8 Å². The number of hydrogen-bond donors (Lipinski definition) is 1. The van der Waals surface area contributed by atoms with E-state index in [1.807, 2.05) is 0 Å². The summed E-state index contributed by atoms with van der Waals surface area (Å²) in [5.41, 5.74) is 0. The van der Waals surface area contributed by atoms with Gasteiger partial charge in [0, 0.05) is 13.2 Å². The molecule has 1 N–H and O–H groups in total. The van der Waals surface area contributed by atoms with E-state index < -0.39 is 6.10 Å². The predicted octanol–water partition coefficient (Wildman–Crippen LogP) is 1.51. The Morgan fingerprint density at radius 1 is 1.20 bits per heavy atom. The summed E-state index contributed by atoms with van der Waals surface area (Å²) >= 11 is 0. The molecule has 0 fully saturated rings. The third-order valence-corrected chi connectivity index (χ3v) is 2.20. The van der Waals surface area contributed by atoms with Gasteiger partial charge >= 0.3 is 5.97 Å². The van der Waals surface area contributed by atoms with Crippen LogP contribution in [-0.2, 0) is 14.3 Å². The molecule has 0 aliphatic carbocycles. The fourth-order valence-corrected chi connectivity index (χ4v) is 1.24. The van der Waals surface area contributed by atoms with Crippen LogP contribution in [0.3, 0.4) is 0 Å². The number of carbonyl (C=O) groups excluding carboxylic acids is 1. The van der Waals surface area contributed by atoms with Crippen molar-refractivity contribution >= 4 is 5.97 Å².